The molecule has 2 N–H and O–H groups in total. The van der Waals surface area contributed by atoms with Gasteiger partial charge in [0.05, 0.1) is 34.0 Å². The highest BCUT2D eigenvalue weighted by atomic mass is 16.5. The van der Waals surface area contributed by atoms with Crippen molar-refractivity contribution in [1.29, 1.82) is 0 Å². The van der Waals surface area contributed by atoms with E-state index in [4.69, 9.17) is 23.4 Å². The molecule has 1 heterocycles. The first-order valence-electron chi connectivity index (χ1n) is 7.82. The van der Waals surface area contributed by atoms with E-state index in [0.717, 1.165) is 0 Å². The van der Waals surface area contributed by atoms with Gasteiger partial charge in [-0.05, 0) is 12.1 Å². The van der Waals surface area contributed by atoms with Crippen LogP contribution in [0.25, 0.3) is 22.3 Å². The molecule has 0 unspecified atom stereocenters. The van der Waals surface area contributed by atoms with Crippen LogP contribution < -0.4 is 24.4 Å². The van der Waals surface area contributed by atoms with Gasteiger partial charge in [-0.15, -0.1) is 0 Å². The second kappa shape index (κ2) is 6.99. The molecule has 8 nitrogen and oxygen atoms in total. The summed E-state index contributed by atoms with van der Waals surface area (Å²) in [6, 6.07) is 5.77. The molecular formula is C19H18O8. The fraction of sp³-hybridized carbons (Fsp3) is 0.211. The van der Waals surface area contributed by atoms with E-state index in [2.05, 4.69) is 0 Å². The predicted molar refractivity (Wildman–Crippen MR) is 97.5 cm³/mol. The molecule has 0 amide bonds. The molecule has 0 aliphatic rings. The average Bonchev–Trinajstić information content (AvgIpc) is 2.67. The third-order valence-corrected chi connectivity index (χ3v) is 4.09. The number of benzene rings is 2. The number of phenolic OH excluding ortho intramolecular Hbond substituents is 2. The third-order valence-electron chi connectivity index (χ3n) is 4.09. The van der Waals surface area contributed by atoms with Gasteiger partial charge in [-0.3, -0.25) is 4.79 Å². The van der Waals surface area contributed by atoms with Crippen LogP contribution in [0.4, 0.5) is 0 Å². The van der Waals surface area contributed by atoms with Gasteiger partial charge in [0.1, 0.15) is 22.5 Å². The first-order valence-corrected chi connectivity index (χ1v) is 7.82. The second-order valence-electron chi connectivity index (χ2n) is 5.51. The monoisotopic (exact) mass is 374 g/mol. The smallest absolute Gasteiger partial charge is 0.239 e. The highest BCUT2D eigenvalue weighted by Gasteiger charge is 2.25. The van der Waals surface area contributed by atoms with Crippen molar-refractivity contribution >= 4 is 11.0 Å². The lowest BCUT2D eigenvalue weighted by Gasteiger charge is -2.15. The van der Waals surface area contributed by atoms with E-state index < -0.39 is 11.2 Å². The summed E-state index contributed by atoms with van der Waals surface area (Å²) in [6.45, 7) is 0. The van der Waals surface area contributed by atoms with Crippen LogP contribution >= 0.6 is 0 Å². The highest BCUT2D eigenvalue weighted by Crippen LogP contribution is 2.45. The van der Waals surface area contributed by atoms with Crippen LogP contribution in [0.1, 0.15) is 0 Å². The van der Waals surface area contributed by atoms with Gasteiger partial charge in [0, 0.05) is 12.1 Å². The topological polar surface area (TPSA) is 108 Å². The van der Waals surface area contributed by atoms with E-state index in [1.807, 2.05) is 0 Å². The van der Waals surface area contributed by atoms with Gasteiger partial charge in [0.2, 0.25) is 16.9 Å². The largest absolute Gasteiger partial charge is 0.508 e. The van der Waals surface area contributed by atoms with Gasteiger partial charge < -0.3 is 33.6 Å². The molecule has 0 bridgehead atoms. The summed E-state index contributed by atoms with van der Waals surface area (Å²) in [6.07, 6.45) is 0. The molecule has 8 heteroatoms. The molecule has 0 saturated carbocycles. The minimum absolute atomic E-state index is 0.00863. The van der Waals surface area contributed by atoms with Crippen LogP contribution in [0.15, 0.2) is 33.5 Å². The summed E-state index contributed by atoms with van der Waals surface area (Å²) < 4.78 is 26.7. The number of fused-ring (bicyclic) bond motifs is 1. The molecule has 27 heavy (non-hydrogen) atoms. The number of aromatic hydroxyl groups is 2. The summed E-state index contributed by atoms with van der Waals surface area (Å²) >= 11 is 0. The Morgan fingerprint density at radius 1 is 0.852 bits per heavy atom. The summed E-state index contributed by atoms with van der Waals surface area (Å²) in [5.74, 6) is 0.00612. The average molecular weight is 374 g/mol. The van der Waals surface area contributed by atoms with Crippen molar-refractivity contribution in [3.8, 4) is 45.8 Å². The summed E-state index contributed by atoms with van der Waals surface area (Å²) in [4.78, 5) is 13.0. The zero-order chi connectivity index (χ0) is 19.7. The molecule has 3 aromatic rings. The van der Waals surface area contributed by atoms with E-state index in [-0.39, 0.29) is 45.5 Å². The second-order valence-corrected chi connectivity index (χ2v) is 5.51. The Morgan fingerprint density at radius 3 is 2.11 bits per heavy atom. The third kappa shape index (κ3) is 2.84. The van der Waals surface area contributed by atoms with E-state index in [9.17, 15) is 15.0 Å². The Morgan fingerprint density at radius 2 is 1.52 bits per heavy atom. The van der Waals surface area contributed by atoms with Crippen molar-refractivity contribution in [3.63, 3.8) is 0 Å². The van der Waals surface area contributed by atoms with Gasteiger partial charge in [-0.1, -0.05) is 0 Å². The van der Waals surface area contributed by atoms with Crippen LogP contribution in [0.5, 0.6) is 34.5 Å². The Labute approximate surface area is 154 Å². The molecule has 0 spiro atoms. The van der Waals surface area contributed by atoms with Crippen LogP contribution in [0.2, 0.25) is 0 Å². The minimum atomic E-state index is -0.595. The predicted octanol–water partition coefficient (Wildman–Crippen LogP) is 2.91. The van der Waals surface area contributed by atoms with Crippen molar-refractivity contribution in [3.05, 3.63) is 34.5 Å². The SMILES string of the molecule is COc1cc(O)ccc1-c1oc2cc(OC)c(OC)c(O)c2c(=O)c1OC. The number of rotatable bonds is 5. The molecular weight excluding hydrogens is 356 g/mol. The molecule has 0 aliphatic carbocycles. The normalized spacial score (nSPS) is 10.7. The van der Waals surface area contributed by atoms with Gasteiger partial charge in [0.25, 0.3) is 0 Å². The molecule has 0 saturated heterocycles. The zero-order valence-corrected chi connectivity index (χ0v) is 15.2. The van der Waals surface area contributed by atoms with Gasteiger partial charge in [-0.25, -0.2) is 0 Å². The molecule has 142 valence electrons. The molecule has 2 aromatic carbocycles. The lowest BCUT2D eigenvalue weighted by atomic mass is 10.1. The van der Waals surface area contributed by atoms with E-state index in [0.29, 0.717) is 5.56 Å². The Bertz CT molecular complexity index is 1070. The van der Waals surface area contributed by atoms with Crippen LogP contribution in [0.3, 0.4) is 0 Å². The van der Waals surface area contributed by atoms with Gasteiger partial charge in [0.15, 0.2) is 17.3 Å². The first kappa shape index (κ1) is 18.2. The number of ether oxygens (including phenoxy) is 4. The highest BCUT2D eigenvalue weighted by molar-refractivity contribution is 5.91. The van der Waals surface area contributed by atoms with Crippen molar-refractivity contribution in [2.24, 2.45) is 0 Å². The van der Waals surface area contributed by atoms with E-state index in [1.165, 1.54) is 52.7 Å². The van der Waals surface area contributed by atoms with Crippen molar-refractivity contribution in [2.75, 3.05) is 28.4 Å². The molecule has 0 aliphatic heterocycles. The van der Waals surface area contributed by atoms with Crippen LogP contribution in [-0.2, 0) is 0 Å². The number of methoxy groups -OCH3 is 4. The summed E-state index contributed by atoms with van der Waals surface area (Å²) in [5, 5.41) is 20.0. The van der Waals surface area contributed by atoms with Crippen molar-refractivity contribution in [1.82, 2.24) is 0 Å². The molecule has 3 rings (SSSR count). The molecule has 0 atom stereocenters. The quantitative estimate of drug-likeness (QED) is 0.702. The van der Waals surface area contributed by atoms with E-state index in [1.54, 1.807) is 0 Å². The molecule has 0 fully saturated rings. The first-order chi connectivity index (χ1) is 13.0. The minimum Gasteiger partial charge on any atom is -0.508 e. The molecule has 0 radical (unpaired) electrons. The molecule has 1 aromatic heterocycles. The van der Waals surface area contributed by atoms with Crippen LogP contribution in [-0.4, -0.2) is 38.7 Å². The number of hydrogen-bond acceptors (Lipinski definition) is 8. The number of hydrogen-bond donors (Lipinski definition) is 2. The van der Waals surface area contributed by atoms with Gasteiger partial charge >= 0.3 is 0 Å². The fourth-order valence-electron chi connectivity index (χ4n) is 2.86. The maximum Gasteiger partial charge on any atom is 0.239 e. The summed E-state index contributed by atoms with van der Waals surface area (Å²) in [5.41, 5.74) is -0.135. The van der Waals surface area contributed by atoms with Crippen LogP contribution in [0, 0.1) is 0 Å². The number of phenols is 2. The Balaban J connectivity index is 2.44. The fourth-order valence-corrected chi connectivity index (χ4v) is 2.86. The van der Waals surface area contributed by atoms with Crippen molar-refractivity contribution in [2.45, 2.75) is 0 Å². The maximum absolute atomic E-state index is 13.0. The summed E-state index contributed by atoms with van der Waals surface area (Å²) in [7, 11) is 5.47. The standard InChI is InChI=1S/C19H18O8/c1-23-11-7-9(20)5-6-10(11)17-19(26-4)16(22)14-12(27-17)8-13(24-2)18(25-3)15(14)21/h5-8,20-21H,1-4H3. The van der Waals surface area contributed by atoms with E-state index >= 15 is 0 Å². The lowest BCUT2D eigenvalue weighted by Crippen LogP contribution is -2.09. The zero-order valence-electron chi connectivity index (χ0n) is 15.2. The Hall–Kier alpha value is -3.55. The van der Waals surface area contributed by atoms with Crippen molar-refractivity contribution < 1.29 is 33.6 Å². The van der Waals surface area contributed by atoms with Gasteiger partial charge in [-0.2, -0.15) is 0 Å². The maximum atomic E-state index is 13.0. The lowest BCUT2D eigenvalue weighted by molar-refractivity contribution is 0.334. The Kier molecular flexibility index (Phi) is 4.72.